The Balaban J connectivity index is 1.37. The molecule has 2 aromatic carbocycles. The summed E-state index contributed by atoms with van der Waals surface area (Å²) in [5, 5.41) is 4.19. The van der Waals surface area contributed by atoms with Gasteiger partial charge in [0.2, 0.25) is 0 Å². The quantitative estimate of drug-likeness (QED) is 0.566. The highest BCUT2D eigenvalue weighted by Crippen LogP contribution is 2.31. The van der Waals surface area contributed by atoms with Crippen molar-refractivity contribution in [2.75, 3.05) is 18.8 Å². The standard InChI is InChI=1S/C22H22F3N3O2S/c23-22(24,25)19-3-1-4-21(13-19)31(29,30)16-18-9-12-27(15-18)14-17-5-7-20(8-6-17)28-11-2-10-26-28/h1-8,10-11,13,18H,9,12,14-16H2/t18-/m1/s1. The molecule has 0 spiro atoms. The third-order valence-corrected chi connectivity index (χ3v) is 7.34. The fraction of sp³-hybridized carbons (Fsp3) is 0.318. The Labute approximate surface area is 179 Å². The van der Waals surface area contributed by atoms with Gasteiger partial charge in [-0.15, -0.1) is 0 Å². The number of hydrogen-bond acceptors (Lipinski definition) is 4. The lowest BCUT2D eigenvalue weighted by Crippen LogP contribution is -2.23. The Kier molecular flexibility index (Phi) is 5.90. The van der Waals surface area contributed by atoms with Crippen LogP contribution in [0, 0.1) is 5.92 Å². The van der Waals surface area contributed by atoms with Gasteiger partial charge in [-0.1, -0.05) is 18.2 Å². The summed E-state index contributed by atoms with van der Waals surface area (Å²) in [6.07, 6.45) is -0.289. The third-order valence-electron chi connectivity index (χ3n) is 5.46. The van der Waals surface area contributed by atoms with Gasteiger partial charge >= 0.3 is 6.18 Å². The van der Waals surface area contributed by atoms with Crippen LogP contribution in [0.5, 0.6) is 0 Å². The highest BCUT2D eigenvalue weighted by molar-refractivity contribution is 7.91. The van der Waals surface area contributed by atoms with E-state index in [2.05, 4.69) is 10.00 Å². The van der Waals surface area contributed by atoms with E-state index >= 15 is 0 Å². The summed E-state index contributed by atoms with van der Waals surface area (Å²) in [7, 11) is -3.79. The molecule has 0 bridgehead atoms. The van der Waals surface area contributed by atoms with Crippen molar-refractivity contribution in [1.82, 2.24) is 14.7 Å². The SMILES string of the molecule is O=S(=O)(C[C@@H]1CCN(Cc2ccc(-n3cccn3)cc2)C1)c1cccc(C(F)(F)F)c1. The molecule has 1 fully saturated rings. The van der Waals surface area contributed by atoms with Gasteiger partial charge in [0.25, 0.3) is 0 Å². The summed E-state index contributed by atoms with van der Waals surface area (Å²) in [6.45, 7) is 2.04. The van der Waals surface area contributed by atoms with Crippen molar-refractivity contribution in [2.45, 2.75) is 24.0 Å². The van der Waals surface area contributed by atoms with Gasteiger partial charge in [-0.25, -0.2) is 13.1 Å². The lowest BCUT2D eigenvalue weighted by atomic mass is 10.1. The van der Waals surface area contributed by atoms with Crippen LogP contribution in [0.25, 0.3) is 5.69 Å². The van der Waals surface area contributed by atoms with E-state index in [4.69, 9.17) is 0 Å². The summed E-state index contributed by atoms with van der Waals surface area (Å²) in [5.41, 5.74) is 1.12. The molecule has 5 nitrogen and oxygen atoms in total. The summed E-state index contributed by atoms with van der Waals surface area (Å²) in [4.78, 5) is 1.91. The van der Waals surface area contributed by atoms with Gasteiger partial charge < -0.3 is 0 Å². The molecular weight excluding hydrogens is 427 g/mol. The van der Waals surface area contributed by atoms with Gasteiger partial charge in [0.05, 0.1) is 21.9 Å². The van der Waals surface area contributed by atoms with Crippen LogP contribution >= 0.6 is 0 Å². The molecule has 4 rings (SSSR count). The molecule has 0 radical (unpaired) electrons. The summed E-state index contributed by atoms with van der Waals surface area (Å²) in [5.74, 6) is -0.258. The van der Waals surface area contributed by atoms with Gasteiger partial charge in [0.15, 0.2) is 9.84 Å². The molecule has 9 heteroatoms. The first-order valence-corrected chi connectivity index (χ1v) is 11.6. The molecule has 0 amide bonds. The Morgan fingerprint density at radius 1 is 1.06 bits per heavy atom. The topological polar surface area (TPSA) is 55.2 Å². The zero-order valence-corrected chi connectivity index (χ0v) is 17.5. The molecule has 31 heavy (non-hydrogen) atoms. The number of rotatable bonds is 6. The van der Waals surface area contributed by atoms with E-state index in [0.717, 1.165) is 36.0 Å². The molecule has 0 saturated carbocycles. The molecule has 0 N–H and O–H groups in total. The van der Waals surface area contributed by atoms with E-state index in [9.17, 15) is 21.6 Å². The smallest absolute Gasteiger partial charge is 0.299 e. The zero-order valence-electron chi connectivity index (χ0n) is 16.7. The lowest BCUT2D eigenvalue weighted by Gasteiger charge is -2.17. The molecule has 1 aliphatic heterocycles. The van der Waals surface area contributed by atoms with Gasteiger partial charge in [-0.3, -0.25) is 4.90 Å². The summed E-state index contributed by atoms with van der Waals surface area (Å²) in [6, 6.07) is 13.8. The maximum atomic E-state index is 12.9. The monoisotopic (exact) mass is 449 g/mol. The minimum absolute atomic E-state index is 0.108. The van der Waals surface area contributed by atoms with Gasteiger partial charge in [-0.2, -0.15) is 18.3 Å². The maximum absolute atomic E-state index is 12.9. The van der Waals surface area contributed by atoms with Crippen LogP contribution in [0.15, 0.2) is 71.9 Å². The number of benzene rings is 2. The number of hydrogen-bond donors (Lipinski definition) is 0. The van der Waals surface area contributed by atoms with Crippen LogP contribution in [0.4, 0.5) is 13.2 Å². The van der Waals surface area contributed by atoms with Crippen LogP contribution < -0.4 is 0 Å². The van der Waals surface area contributed by atoms with Crippen molar-refractivity contribution in [3.63, 3.8) is 0 Å². The number of likely N-dealkylation sites (tertiary alicyclic amines) is 1. The molecule has 1 saturated heterocycles. The second kappa shape index (κ2) is 8.47. The average Bonchev–Trinajstić information content (AvgIpc) is 3.40. The van der Waals surface area contributed by atoms with E-state index in [1.807, 2.05) is 36.5 Å². The largest absolute Gasteiger partial charge is 0.416 e. The first-order valence-electron chi connectivity index (χ1n) is 9.92. The second-order valence-corrected chi connectivity index (χ2v) is 9.85. The number of nitrogens with zero attached hydrogens (tertiary/aromatic N) is 3. The molecule has 0 unspecified atom stereocenters. The van der Waals surface area contributed by atoms with E-state index in [1.54, 1.807) is 10.9 Å². The van der Waals surface area contributed by atoms with Crippen LogP contribution in [0.1, 0.15) is 17.5 Å². The van der Waals surface area contributed by atoms with E-state index in [0.29, 0.717) is 19.5 Å². The Hall–Kier alpha value is -2.65. The normalized spacial score (nSPS) is 17.8. The highest BCUT2D eigenvalue weighted by atomic mass is 32.2. The van der Waals surface area contributed by atoms with E-state index in [-0.39, 0.29) is 16.6 Å². The number of sulfone groups is 1. The zero-order chi connectivity index (χ0) is 22.1. The summed E-state index contributed by atoms with van der Waals surface area (Å²) < 4.78 is 65.9. The molecule has 1 aromatic heterocycles. The predicted octanol–water partition coefficient (Wildman–Crippen LogP) is 4.19. The van der Waals surface area contributed by atoms with Crippen LogP contribution in [-0.4, -0.2) is 41.9 Å². The minimum atomic E-state index is -4.57. The number of halogens is 3. The van der Waals surface area contributed by atoms with Crippen LogP contribution in [0.2, 0.25) is 0 Å². The highest BCUT2D eigenvalue weighted by Gasteiger charge is 2.33. The molecule has 2 heterocycles. The molecule has 0 aliphatic carbocycles. The van der Waals surface area contributed by atoms with Crippen molar-refractivity contribution in [3.05, 3.63) is 78.1 Å². The average molecular weight is 449 g/mol. The van der Waals surface area contributed by atoms with Gasteiger partial charge in [0, 0.05) is 25.5 Å². The fourth-order valence-electron chi connectivity index (χ4n) is 3.90. The van der Waals surface area contributed by atoms with Crippen molar-refractivity contribution >= 4 is 9.84 Å². The Morgan fingerprint density at radius 2 is 1.84 bits per heavy atom. The first kappa shape index (κ1) is 21.6. The van der Waals surface area contributed by atoms with Gasteiger partial charge in [-0.05, 0) is 60.8 Å². The second-order valence-electron chi connectivity index (χ2n) is 7.81. The predicted molar refractivity (Wildman–Crippen MR) is 110 cm³/mol. The molecule has 1 aliphatic rings. The van der Waals surface area contributed by atoms with Crippen molar-refractivity contribution in [1.29, 1.82) is 0 Å². The molecular formula is C22H22F3N3O2S. The lowest BCUT2D eigenvalue weighted by molar-refractivity contribution is -0.137. The van der Waals surface area contributed by atoms with Crippen molar-refractivity contribution < 1.29 is 21.6 Å². The van der Waals surface area contributed by atoms with E-state index in [1.165, 1.54) is 6.07 Å². The fourth-order valence-corrected chi connectivity index (χ4v) is 5.58. The van der Waals surface area contributed by atoms with E-state index < -0.39 is 21.6 Å². The van der Waals surface area contributed by atoms with Crippen LogP contribution in [0.3, 0.4) is 0 Å². The molecule has 3 aromatic rings. The molecule has 164 valence electrons. The number of aromatic nitrogens is 2. The Bertz CT molecular complexity index is 1130. The molecule has 1 atom stereocenters. The minimum Gasteiger partial charge on any atom is -0.299 e. The Morgan fingerprint density at radius 3 is 2.52 bits per heavy atom. The third kappa shape index (κ3) is 5.16. The number of alkyl halides is 3. The van der Waals surface area contributed by atoms with Crippen molar-refractivity contribution in [2.24, 2.45) is 5.92 Å². The van der Waals surface area contributed by atoms with Gasteiger partial charge in [0.1, 0.15) is 0 Å². The van der Waals surface area contributed by atoms with Crippen LogP contribution in [-0.2, 0) is 22.6 Å². The maximum Gasteiger partial charge on any atom is 0.416 e. The van der Waals surface area contributed by atoms with Crippen molar-refractivity contribution in [3.8, 4) is 5.69 Å². The first-order chi connectivity index (χ1) is 14.7. The summed E-state index contributed by atoms with van der Waals surface area (Å²) >= 11 is 0.